The van der Waals surface area contributed by atoms with E-state index in [0.29, 0.717) is 0 Å². The molecular formula is C6H6N2O5S. The maximum atomic E-state index is 10.6. The summed E-state index contributed by atoms with van der Waals surface area (Å²) in [6.45, 7) is 0. The molecular weight excluding hydrogens is 212 g/mol. The summed E-state index contributed by atoms with van der Waals surface area (Å²) in [5, 5.41) is 22.8. The van der Waals surface area contributed by atoms with Crippen LogP contribution in [0.4, 0.5) is 0 Å². The lowest BCUT2D eigenvalue weighted by atomic mass is 10.1. The van der Waals surface area contributed by atoms with E-state index >= 15 is 0 Å². The zero-order chi connectivity index (χ0) is 10.8. The van der Waals surface area contributed by atoms with Gasteiger partial charge in [-0.15, -0.1) is 0 Å². The molecule has 7 nitrogen and oxygen atoms in total. The normalized spacial score (nSPS) is 22.8. The summed E-state index contributed by atoms with van der Waals surface area (Å²) in [6.07, 6.45) is 2.94. The maximum Gasteiger partial charge on any atom is 0.294 e. The summed E-state index contributed by atoms with van der Waals surface area (Å²) in [6, 6.07) is 0. The fraction of sp³-hybridized carbons (Fsp3) is 0. The van der Waals surface area contributed by atoms with E-state index in [4.69, 9.17) is 9.76 Å². The van der Waals surface area contributed by atoms with Crippen molar-refractivity contribution in [3.8, 4) is 0 Å². The van der Waals surface area contributed by atoms with Crippen molar-refractivity contribution < 1.29 is 23.3 Å². The van der Waals surface area contributed by atoms with Gasteiger partial charge in [0.2, 0.25) is 5.71 Å². The Kier molecular flexibility index (Phi) is 2.68. The van der Waals surface area contributed by atoms with Gasteiger partial charge < -0.3 is 10.4 Å². The van der Waals surface area contributed by atoms with Crippen LogP contribution in [-0.4, -0.2) is 29.6 Å². The first-order valence-corrected chi connectivity index (χ1v) is 4.78. The molecule has 0 spiro atoms. The van der Waals surface area contributed by atoms with E-state index < -0.39 is 15.0 Å². The van der Waals surface area contributed by atoms with E-state index in [1.807, 2.05) is 0 Å². The molecule has 8 heteroatoms. The average Bonchev–Trinajstić information content (AvgIpc) is 2.15. The van der Waals surface area contributed by atoms with Gasteiger partial charge in [-0.1, -0.05) is 5.16 Å². The lowest BCUT2D eigenvalue weighted by Gasteiger charge is -2.03. The summed E-state index contributed by atoms with van der Waals surface area (Å²) < 4.78 is 29.9. The molecule has 14 heavy (non-hydrogen) atoms. The minimum Gasteiger partial charge on any atom is -0.625 e. The van der Waals surface area contributed by atoms with Crippen LogP contribution in [-0.2, 0) is 10.1 Å². The highest BCUT2D eigenvalue weighted by Crippen LogP contribution is 2.10. The minimum atomic E-state index is -4.36. The van der Waals surface area contributed by atoms with Crippen molar-refractivity contribution in [1.29, 1.82) is 0 Å². The molecule has 1 aliphatic carbocycles. The standard InChI is InChI=1S/C6H6N2O5S/c9-7-5-2-1-4(14(11,12)13)3-6(5)8-10/h1-3,8H,(H2-,9,10,11,12,13)/b7-5-,8-6+. The molecule has 0 aromatic heterocycles. The Morgan fingerprint density at radius 2 is 2.07 bits per heavy atom. The first-order valence-electron chi connectivity index (χ1n) is 3.34. The van der Waals surface area contributed by atoms with Gasteiger partial charge in [0, 0.05) is 6.08 Å². The van der Waals surface area contributed by atoms with Crippen LogP contribution in [0, 0.1) is 5.21 Å². The maximum absolute atomic E-state index is 10.6. The largest absolute Gasteiger partial charge is 0.625 e. The molecule has 0 radical (unpaired) electrons. The van der Waals surface area contributed by atoms with Crippen molar-refractivity contribution in [2.24, 2.45) is 5.16 Å². The predicted octanol–water partition coefficient (Wildman–Crippen LogP) is -1.82. The smallest absolute Gasteiger partial charge is 0.294 e. The fourth-order valence-electron chi connectivity index (χ4n) is 0.845. The lowest BCUT2D eigenvalue weighted by Crippen LogP contribution is -2.67. The molecule has 1 rings (SSSR count). The van der Waals surface area contributed by atoms with Gasteiger partial charge >= 0.3 is 0 Å². The Morgan fingerprint density at radius 1 is 1.43 bits per heavy atom. The Morgan fingerprint density at radius 3 is 2.50 bits per heavy atom. The monoisotopic (exact) mass is 218 g/mol. The Bertz CT molecular complexity index is 457. The van der Waals surface area contributed by atoms with Gasteiger partial charge in [-0.3, -0.25) is 4.55 Å². The zero-order valence-corrected chi connectivity index (χ0v) is 7.52. The summed E-state index contributed by atoms with van der Waals surface area (Å²) in [5.74, 6) is 0. The number of rotatable bonds is 1. The molecule has 0 fully saturated rings. The highest BCUT2D eigenvalue weighted by atomic mass is 32.2. The van der Waals surface area contributed by atoms with Crippen LogP contribution in [0.5, 0.6) is 0 Å². The van der Waals surface area contributed by atoms with E-state index in [9.17, 15) is 13.6 Å². The molecule has 0 bridgehead atoms. The Balaban J connectivity index is 3.23. The van der Waals surface area contributed by atoms with Gasteiger partial charge in [0.15, 0.2) is 5.71 Å². The average molecular weight is 218 g/mol. The van der Waals surface area contributed by atoms with Crippen LogP contribution in [0.25, 0.3) is 0 Å². The molecule has 76 valence electrons. The van der Waals surface area contributed by atoms with Crippen molar-refractivity contribution in [2.45, 2.75) is 0 Å². The van der Waals surface area contributed by atoms with Crippen molar-refractivity contribution in [2.75, 3.05) is 0 Å². The summed E-state index contributed by atoms with van der Waals surface area (Å²) >= 11 is 0. The van der Waals surface area contributed by atoms with Crippen LogP contribution in [0.1, 0.15) is 0 Å². The summed E-state index contributed by atoms with van der Waals surface area (Å²) in [5.41, 5.74) is -0.366. The zero-order valence-electron chi connectivity index (χ0n) is 6.71. The van der Waals surface area contributed by atoms with E-state index in [1.54, 1.807) is 0 Å². The number of oxime groups is 1. The third kappa shape index (κ3) is 1.98. The van der Waals surface area contributed by atoms with E-state index in [-0.39, 0.29) is 11.4 Å². The second-order valence-electron chi connectivity index (χ2n) is 2.36. The molecule has 0 aromatic carbocycles. The second kappa shape index (κ2) is 3.60. The number of hydrogen-bond acceptors (Lipinski definition) is 5. The van der Waals surface area contributed by atoms with Crippen molar-refractivity contribution in [1.82, 2.24) is 0 Å². The first kappa shape index (κ1) is 10.4. The number of allylic oxidation sites excluding steroid dienone is 3. The molecule has 0 atom stereocenters. The molecule has 0 amide bonds. The van der Waals surface area contributed by atoms with E-state index in [1.165, 1.54) is 5.16 Å². The number of nitrogens with zero attached hydrogens (tertiary/aromatic N) is 1. The second-order valence-corrected chi connectivity index (χ2v) is 3.78. The first-order chi connectivity index (χ1) is 6.49. The van der Waals surface area contributed by atoms with Crippen LogP contribution in [0.15, 0.2) is 28.3 Å². The van der Waals surface area contributed by atoms with Gasteiger partial charge in [-0.05, 0) is 12.2 Å². The van der Waals surface area contributed by atoms with Gasteiger partial charge in [0.25, 0.3) is 10.1 Å². The van der Waals surface area contributed by atoms with Gasteiger partial charge in [-0.2, -0.15) is 8.42 Å². The third-order valence-corrected chi connectivity index (χ3v) is 2.33. The van der Waals surface area contributed by atoms with Gasteiger partial charge in [0.1, 0.15) is 4.91 Å². The summed E-state index contributed by atoms with van der Waals surface area (Å²) in [7, 11) is -4.36. The van der Waals surface area contributed by atoms with E-state index in [2.05, 4.69) is 5.16 Å². The molecule has 1 aliphatic rings. The molecule has 0 saturated heterocycles. The molecule has 0 aliphatic heterocycles. The highest BCUT2D eigenvalue weighted by molar-refractivity contribution is 7.90. The summed E-state index contributed by atoms with van der Waals surface area (Å²) in [4.78, 5) is -0.455. The molecule has 3 N–H and O–H groups in total. The van der Waals surface area contributed by atoms with Gasteiger partial charge in [-0.25, -0.2) is 5.16 Å². The van der Waals surface area contributed by atoms with Crippen LogP contribution in [0.3, 0.4) is 0 Å². The molecule has 0 unspecified atom stereocenters. The van der Waals surface area contributed by atoms with Crippen molar-refractivity contribution >= 4 is 21.5 Å². The van der Waals surface area contributed by atoms with Crippen molar-refractivity contribution in [3.63, 3.8) is 0 Å². The highest BCUT2D eigenvalue weighted by Gasteiger charge is 2.21. The van der Waals surface area contributed by atoms with Crippen LogP contribution >= 0.6 is 0 Å². The minimum absolute atomic E-state index is 0.118. The quantitative estimate of drug-likeness (QED) is 0.157. The molecule has 0 heterocycles. The topological polar surface area (TPSA) is 124 Å². The lowest BCUT2D eigenvalue weighted by molar-refractivity contribution is -0.369. The molecule has 0 saturated carbocycles. The van der Waals surface area contributed by atoms with Crippen LogP contribution in [0.2, 0.25) is 0 Å². The molecule has 0 aromatic rings. The van der Waals surface area contributed by atoms with E-state index in [0.717, 1.165) is 18.2 Å². The fourth-order valence-corrected chi connectivity index (χ4v) is 1.35. The van der Waals surface area contributed by atoms with Crippen LogP contribution < -0.4 is 5.16 Å². The number of nitrogens with one attached hydrogen (secondary N) is 1. The Hall–Kier alpha value is -1.67. The van der Waals surface area contributed by atoms with Gasteiger partial charge in [0.05, 0.1) is 0 Å². The third-order valence-electron chi connectivity index (χ3n) is 1.48. The van der Waals surface area contributed by atoms with Crippen molar-refractivity contribution in [3.05, 3.63) is 28.3 Å². The predicted molar refractivity (Wildman–Crippen MR) is 47.3 cm³/mol. The SMILES string of the molecule is O=S(=O)(O)C1=CC(=[NH+]\[O-])/C(=N\O)C=C1. The number of hydrogen-bond donors (Lipinski definition) is 3. The Labute approximate surface area is 79.1 Å².